The molecule has 0 bridgehead atoms. The molecule has 0 radical (unpaired) electrons. The maximum absolute atomic E-state index is 12.0. The van der Waals surface area contributed by atoms with Crippen LogP contribution in [0.2, 0.25) is 0 Å². The van der Waals surface area contributed by atoms with Gasteiger partial charge in [0.05, 0.1) is 14.2 Å². The lowest BCUT2D eigenvalue weighted by Gasteiger charge is -2.16. The van der Waals surface area contributed by atoms with Crippen LogP contribution in [0.3, 0.4) is 0 Å². The molecule has 0 saturated carbocycles. The molecule has 1 amide bonds. The van der Waals surface area contributed by atoms with Crippen molar-refractivity contribution >= 4 is 11.6 Å². The zero-order valence-corrected chi connectivity index (χ0v) is 13.4. The van der Waals surface area contributed by atoms with Crippen LogP contribution in [0.4, 0.5) is 5.69 Å². The third-order valence-electron chi connectivity index (χ3n) is 3.25. The SMILES string of the molecule is CCCCN(C)CCC(=O)Nc1cc(OC)cc(OC)c1. The smallest absolute Gasteiger partial charge is 0.225 e. The van der Waals surface area contributed by atoms with E-state index in [9.17, 15) is 4.79 Å². The quantitative estimate of drug-likeness (QED) is 0.761. The zero-order valence-electron chi connectivity index (χ0n) is 13.4. The van der Waals surface area contributed by atoms with Gasteiger partial charge < -0.3 is 19.7 Å². The molecule has 0 heterocycles. The molecule has 1 rings (SSSR count). The highest BCUT2D eigenvalue weighted by molar-refractivity contribution is 5.91. The van der Waals surface area contributed by atoms with E-state index in [0.717, 1.165) is 19.5 Å². The molecular weight excluding hydrogens is 268 g/mol. The summed E-state index contributed by atoms with van der Waals surface area (Å²) in [5, 5.41) is 2.88. The van der Waals surface area contributed by atoms with Gasteiger partial charge in [0.15, 0.2) is 0 Å². The van der Waals surface area contributed by atoms with Crippen molar-refractivity contribution < 1.29 is 14.3 Å². The van der Waals surface area contributed by atoms with Crippen LogP contribution in [0.5, 0.6) is 11.5 Å². The van der Waals surface area contributed by atoms with E-state index < -0.39 is 0 Å². The van der Waals surface area contributed by atoms with Crippen LogP contribution in [0.25, 0.3) is 0 Å². The second-order valence-corrected chi connectivity index (χ2v) is 5.06. The molecule has 0 aliphatic rings. The Hall–Kier alpha value is -1.75. The molecule has 5 nitrogen and oxygen atoms in total. The minimum Gasteiger partial charge on any atom is -0.497 e. The van der Waals surface area contributed by atoms with Crippen LogP contribution < -0.4 is 14.8 Å². The zero-order chi connectivity index (χ0) is 15.7. The van der Waals surface area contributed by atoms with Crippen LogP contribution in [-0.2, 0) is 4.79 Å². The fourth-order valence-corrected chi connectivity index (χ4v) is 1.94. The third kappa shape index (κ3) is 6.49. The van der Waals surface area contributed by atoms with Crippen LogP contribution in [0.1, 0.15) is 26.2 Å². The van der Waals surface area contributed by atoms with Crippen molar-refractivity contribution in [3.05, 3.63) is 18.2 Å². The maximum atomic E-state index is 12.0. The summed E-state index contributed by atoms with van der Waals surface area (Å²) in [7, 11) is 5.21. The van der Waals surface area contributed by atoms with Gasteiger partial charge in [0.25, 0.3) is 0 Å². The summed E-state index contributed by atoms with van der Waals surface area (Å²) < 4.78 is 10.4. The average Bonchev–Trinajstić information content (AvgIpc) is 2.50. The van der Waals surface area contributed by atoms with E-state index in [2.05, 4.69) is 17.1 Å². The second kappa shape index (κ2) is 9.23. The average molecular weight is 294 g/mol. The first-order chi connectivity index (χ1) is 10.1. The van der Waals surface area contributed by atoms with E-state index in [1.165, 1.54) is 6.42 Å². The van der Waals surface area contributed by atoms with Gasteiger partial charge in [-0.3, -0.25) is 4.79 Å². The number of nitrogens with one attached hydrogen (secondary N) is 1. The van der Waals surface area contributed by atoms with Crippen molar-refractivity contribution in [2.24, 2.45) is 0 Å². The van der Waals surface area contributed by atoms with Crippen molar-refractivity contribution in [1.82, 2.24) is 4.90 Å². The number of amides is 1. The van der Waals surface area contributed by atoms with Crippen LogP contribution in [0, 0.1) is 0 Å². The lowest BCUT2D eigenvalue weighted by Crippen LogP contribution is -2.25. The van der Waals surface area contributed by atoms with Crippen molar-refractivity contribution in [3.8, 4) is 11.5 Å². The molecule has 118 valence electrons. The number of carbonyl (C=O) groups excluding carboxylic acids is 1. The van der Waals surface area contributed by atoms with Crippen molar-refractivity contribution in [2.75, 3.05) is 39.7 Å². The maximum Gasteiger partial charge on any atom is 0.225 e. The predicted octanol–water partition coefficient (Wildman–Crippen LogP) is 2.76. The third-order valence-corrected chi connectivity index (χ3v) is 3.25. The Labute approximate surface area is 127 Å². The normalized spacial score (nSPS) is 10.5. The van der Waals surface area contributed by atoms with Crippen LogP contribution in [0.15, 0.2) is 18.2 Å². The largest absolute Gasteiger partial charge is 0.497 e. The van der Waals surface area contributed by atoms with Gasteiger partial charge in [-0.1, -0.05) is 13.3 Å². The van der Waals surface area contributed by atoms with E-state index >= 15 is 0 Å². The Morgan fingerprint density at radius 1 is 1.14 bits per heavy atom. The van der Waals surface area contributed by atoms with Gasteiger partial charge in [-0.05, 0) is 20.0 Å². The van der Waals surface area contributed by atoms with E-state index in [1.54, 1.807) is 32.4 Å². The number of benzene rings is 1. The fourth-order valence-electron chi connectivity index (χ4n) is 1.94. The van der Waals surface area contributed by atoms with Gasteiger partial charge in [-0.15, -0.1) is 0 Å². The summed E-state index contributed by atoms with van der Waals surface area (Å²) in [6, 6.07) is 5.33. The molecule has 21 heavy (non-hydrogen) atoms. The summed E-state index contributed by atoms with van der Waals surface area (Å²) in [5.41, 5.74) is 0.687. The van der Waals surface area contributed by atoms with Gasteiger partial charge in [0.2, 0.25) is 5.91 Å². The van der Waals surface area contributed by atoms with Gasteiger partial charge in [-0.2, -0.15) is 0 Å². The summed E-state index contributed by atoms with van der Waals surface area (Å²) in [4.78, 5) is 14.1. The Balaban J connectivity index is 2.50. The summed E-state index contributed by atoms with van der Waals surface area (Å²) >= 11 is 0. The molecule has 0 unspecified atom stereocenters. The standard InChI is InChI=1S/C16H26N2O3/c1-5-6-8-18(2)9-7-16(19)17-13-10-14(20-3)12-15(11-13)21-4/h10-12H,5-9H2,1-4H3,(H,17,19). The minimum atomic E-state index is -0.00588. The summed E-state index contributed by atoms with van der Waals surface area (Å²) in [6.07, 6.45) is 2.80. The number of carbonyl (C=O) groups is 1. The lowest BCUT2D eigenvalue weighted by molar-refractivity contribution is -0.116. The Morgan fingerprint density at radius 2 is 1.76 bits per heavy atom. The second-order valence-electron chi connectivity index (χ2n) is 5.06. The van der Waals surface area contributed by atoms with E-state index in [1.807, 2.05) is 7.05 Å². The first-order valence-electron chi connectivity index (χ1n) is 7.30. The molecule has 1 aromatic carbocycles. The summed E-state index contributed by atoms with van der Waals surface area (Å²) in [6.45, 7) is 3.94. The first kappa shape index (κ1) is 17.3. The van der Waals surface area contributed by atoms with Gasteiger partial charge in [0.1, 0.15) is 11.5 Å². The molecular formula is C16H26N2O3. The van der Waals surface area contributed by atoms with Gasteiger partial charge in [-0.25, -0.2) is 0 Å². The number of hydrogen-bond donors (Lipinski definition) is 1. The highest BCUT2D eigenvalue weighted by Gasteiger charge is 2.07. The minimum absolute atomic E-state index is 0.00588. The number of anilines is 1. The molecule has 1 N–H and O–H groups in total. The monoisotopic (exact) mass is 294 g/mol. The van der Waals surface area contributed by atoms with E-state index in [0.29, 0.717) is 23.6 Å². The molecule has 0 saturated heterocycles. The number of methoxy groups -OCH3 is 2. The number of nitrogens with zero attached hydrogens (tertiary/aromatic N) is 1. The Bertz CT molecular complexity index is 427. The molecule has 0 fully saturated rings. The van der Waals surface area contributed by atoms with Crippen molar-refractivity contribution in [1.29, 1.82) is 0 Å². The Morgan fingerprint density at radius 3 is 2.29 bits per heavy atom. The number of ether oxygens (including phenoxy) is 2. The molecule has 0 spiro atoms. The van der Waals surface area contributed by atoms with Crippen LogP contribution in [-0.4, -0.2) is 45.2 Å². The molecule has 0 aliphatic heterocycles. The number of hydrogen-bond acceptors (Lipinski definition) is 4. The number of rotatable bonds is 9. The van der Waals surface area contributed by atoms with E-state index in [-0.39, 0.29) is 5.91 Å². The van der Waals surface area contributed by atoms with Gasteiger partial charge in [0, 0.05) is 36.9 Å². The molecule has 5 heteroatoms. The highest BCUT2D eigenvalue weighted by atomic mass is 16.5. The van der Waals surface area contributed by atoms with Gasteiger partial charge >= 0.3 is 0 Å². The van der Waals surface area contributed by atoms with Crippen LogP contribution >= 0.6 is 0 Å². The highest BCUT2D eigenvalue weighted by Crippen LogP contribution is 2.25. The molecule has 1 aromatic rings. The Kier molecular flexibility index (Phi) is 7.61. The molecule has 0 aromatic heterocycles. The van der Waals surface area contributed by atoms with E-state index in [4.69, 9.17) is 9.47 Å². The lowest BCUT2D eigenvalue weighted by atomic mass is 10.2. The van der Waals surface area contributed by atoms with Crippen molar-refractivity contribution in [2.45, 2.75) is 26.2 Å². The topological polar surface area (TPSA) is 50.8 Å². The predicted molar refractivity (Wildman–Crippen MR) is 85.2 cm³/mol. The van der Waals surface area contributed by atoms with Crippen molar-refractivity contribution in [3.63, 3.8) is 0 Å². The molecule has 0 atom stereocenters. The first-order valence-corrected chi connectivity index (χ1v) is 7.30. The summed E-state index contributed by atoms with van der Waals surface area (Å²) in [5.74, 6) is 1.31. The fraction of sp³-hybridized carbons (Fsp3) is 0.562. The molecule has 0 aliphatic carbocycles. The number of unbranched alkanes of at least 4 members (excludes halogenated alkanes) is 1.